The van der Waals surface area contributed by atoms with Gasteiger partial charge in [-0.3, -0.25) is 4.79 Å². The average Bonchev–Trinajstić information content (AvgIpc) is 2.64. The van der Waals surface area contributed by atoms with Crippen LogP contribution in [0.5, 0.6) is 0 Å². The zero-order valence-corrected chi connectivity index (χ0v) is 18.0. The molecule has 0 bridgehead atoms. The molecule has 2 rings (SSSR count). The number of carbonyl (C=O) groups excluding carboxylic acids is 2. The van der Waals surface area contributed by atoms with Crippen molar-refractivity contribution in [3.8, 4) is 0 Å². The molecule has 1 N–H and O–H groups in total. The number of carbonyl (C=O) groups is 2. The summed E-state index contributed by atoms with van der Waals surface area (Å²) in [5.74, 6) is -1.02. The van der Waals surface area contributed by atoms with E-state index in [1.165, 1.54) is 0 Å². The molecular weight excluding hydrogens is 416 g/mol. The second kappa shape index (κ2) is 9.87. The van der Waals surface area contributed by atoms with Gasteiger partial charge >= 0.3 is 5.97 Å². The SMILES string of the molecule is CCOC(=O)c1cccc(NC(=O)CN(Cc2ccccc2Cl)S(C)(=O)=O)c1C. The summed E-state index contributed by atoms with van der Waals surface area (Å²) < 4.78 is 30.4. The van der Waals surface area contributed by atoms with E-state index in [2.05, 4.69) is 5.32 Å². The van der Waals surface area contributed by atoms with Gasteiger partial charge in [-0.1, -0.05) is 35.9 Å². The first-order valence-electron chi connectivity index (χ1n) is 8.88. The summed E-state index contributed by atoms with van der Waals surface area (Å²) in [6, 6.07) is 11.7. The standard InChI is InChI=1S/C20H23ClN2O5S/c1-4-28-20(25)16-9-7-11-18(14(16)2)22-19(24)13-23(29(3,26)27)12-15-8-5-6-10-17(15)21/h5-11H,4,12-13H2,1-3H3,(H,22,24). The topological polar surface area (TPSA) is 92.8 Å². The first-order chi connectivity index (χ1) is 13.6. The predicted octanol–water partition coefficient (Wildman–Crippen LogP) is 3.23. The monoisotopic (exact) mass is 438 g/mol. The van der Waals surface area contributed by atoms with Crippen molar-refractivity contribution in [2.24, 2.45) is 0 Å². The summed E-state index contributed by atoms with van der Waals surface area (Å²) in [6.45, 7) is 3.19. The number of nitrogens with zero attached hydrogens (tertiary/aromatic N) is 1. The van der Waals surface area contributed by atoms with Crippen molar-refractivity contribution in [1.82, 2.24) is 4.31 Å². The average molecular weight is 439 g/mol. The molecule has 0 saturated carbocycles. The van der Waals surface area contributed by atoms with E-state index in [1.807, 2.05) is 0 Å². The van der Waals surface area contributed by atoms with E-state index >= 15 is 0 Å². The number of ether oxygens (including phenoxy) is 1. The van der Waals surface area contributed by atoms with E-state index in [9.17, 15) is 18.0 Å². The van der Waals surface area contributed by atoms with Gasteiger partial charge in [-0.05, 0) is 43.2 Å². The van der Waals surface area contributed by atoms with Gasteiger partial charge in [0.05, 0.1) is 25.0 Å². The first-order valence-corrected chi connectivity index (χ1v) is 11.1. The number of rotatable bonds is 8. The molecular formula is C20H23ClN2O5S. The number of amides is 1. The lowest BCUT2D eigenvalue weighted by Gasteiger charge is -2.20. The smallest absolute Gasteiger partial charge is 0.338 e. The Kier molecular flexibility index (Phi) is 7.78. The Labute approximate surface area is 175 Å². The van der Waals surface area contributed by atoms with Gasteiger partial charge < -0.3 is 10.1 Å². The third-order valence-electron chi connectivity index (χ3n) is 4.20. The highest BCUT2D eigenvalue weighted by Crippen LogP contribution is 2.21. The maximum Gasteiger partial charge on any atom is 0.338 e. The van der Waals surface area contributed by atoms with Crippen molar-refractivity contribution in [3.63, 3.8) is 0 Å². The lowest BCUT2D eigenvalue weighted by atomic mass is 10.1. The highest BCUT2D eigenvalue weighted by molar-refractivity contribution is 7.88. The van der Waals surface area contributed by atoms with Crippen LogP contribution in [0.4, 0.5) is 5.69 Å². The summed E-state index contributed by atoms with van der Waals surface area (Å²) in [4.78, 5) is 24.6. The molecule has 0 radical (unpaired) electrons. The van der Waals surface area contributed by atoms with Crippen LogP contribution in [0.2, 0.25) is 5.02 Å². The van der Waals surface area contributed by atoms with Gasteiger partial charge in [0.1, 0.15) is 0 Å². The Morgan fingerprint density at radius 1 is 1.14 bits per heavy atom. The lowest BCUT2D eigenvalue weighted by molar-refractivity contribution is -0.116. The molecule has 29 heavy (non-hydrogen) atoms. The zero-order valence-electron chi connectivity index (χ0n) is 16.4. The van der Waals surface area contributed by atoms with Crippen LogP contribution in [0.15, 0.2) is 42.5 Å². The molecule has 0 aromatic heterocycles. The fraction of sp³-hybridized carbons (Fsp3) is 0.300. The van der Waals surface area contributed by atoms with Crippen LogP contribution in [0.3, 0.4) is 0 Å². The van der Waals surface area contributed by atoms with E-state index in [0.29, 0.717) is 27.4 Å². The highest BCUT2D eigenvalue weighted by atomic mass is 35.5. The first kappa shape index (κ1) is 22.9. The Balaban J connectivity index is 2.18. The third kappa shape index (κ3) is 6.28. The molecule has 0 aliphatic rings. The molecule has 0 aliphatic carbocycles. The molecule has 0 aliphatic heterocycles. The second-order valence-corrected chi connectivity index (χ2v) is 8.76. The molecule has 0 atom stereocenters. The summed E-state index contributed by atoms with van der Waals surface area (Å²) in [6.07, 6.45) is 1.03. The maximum atomic E-state index is 12.5. The van der Waals surface area contributed by atoms with Gasteiger partial charge in [0.25, 0.3) is 0 Å². The van der Waals surface area contributed by atoms with Crippen LogP contribution in [0.25, 0.3) is 0 Å². The van der Waals surface area contributed by atoms with E-state index in [1.54, 1.807) is 56.3 Å². The number of anilines is 1. The van der Waals surface area contributed by atoms with E-state index in [0.717, 1.165) is 10.6 Å². The predicted molar refractivity (Wildman–Crippen MR) is 112 cm³/mol. The second-order valence-electron chi connectivity index (χ2n) is 6.37. The highest BCUT2D eigenvalue weighted by Gasteiger charge is 2.22. The molecule has 1 amide bonds. The maximum absolute atomic E-state index is 12.5. The van der Waals surface area contributed by atoms with Crippen LogP contribution < -0.4 is 5.32 Å². The zero-order chi connectivity index (χ0) is 21.6. The quantitative estimate of drug-likeness (QED) is 0.639. The lowest BCUT2D eigenvalue weighted by Crippen LogP contribution is -2.37. The molecule has 9 heteroatoms. The van der Waals surface area contributed by atoms with Crippen LogP contribution in [-0.4, -0.2) is 44.0 Å². The number of esters is 1. The van der Waals surface area contributed by atoms with Crippen molar-refractivity contribution < 1.29 is 22.7 Å². The van der Waals surface area contributed by atoms with Crippen molar-refractivity contribution in [2.45, 2.75) is 20.4 Å². The van der Waals surface area contributed by atoms with Gasteiger partial charge in [0.2, 0.25) is 15.9 Å². The Morgan fingerprint density at radius 2 is 1.83 bits per heavy atom. The molecule has 2 aromatic rings. The number of sulfonamides is 1. The van der Waals surface area contributed by atoms with Gasteiger partial charge in [-0.2, -0.15) is 4.31 Å². The van der Waals surface area contributed by atoms with Crippen molar-refractivity contribution in [1.29, 1.82) is 0 Å². The molecule has 0 spiro atoms. The van der Waals surface area contributed by atoms with Crippen molar-refractivity contribution in [3.05, 3.63) is 64.2 Å². The van der Waals surface area contributed by atoms with Crippen molar-refractivity contribution >= 4 is 39.2 Å². The summed E-state index contributed by atoms with van der Waals surface area (Å²) in [5, 5.41) is 3.08. The van der Waals surface area contributed by atoms with Crippen LogP contribution in [0.1, 0.15) is 28.4 Å². The van der Waals surface area contributed by atoms with Gasteiger partial charge in [-0.15, -0.1) is 0 Å². The summed E-state index contributed by atoms with van der Waals surface area (Å²) in [7, 11) is -3.67. The Hall–Kier alpha value is -2.42. The molecule has 0 unspecified atom stereocenters. The van der Waals surface area contributed by atoms with Crippen LogP contribution in [0, 0.1) is 6.92 Å². The summed E-state index contributed by atoms with van der Waals surface area (Å²) >= 11 is 6.11. The number of hydrogen-bond acceptors (Lipinski definition) is 5. The fourth-order valence-corrected chi connectivity index (χ4v) is 3.58. The van der Waals surface area contributed by atoms with Gasteiger partial charge in [0.15, 0.2) is 0 Å². The molecule has 7 nitrogen and oxygen atoms in total. The van der Waals surface area contributed by atoms with Crippen LogP contribution >= 0.6 is 11.6 Å². The van der Waals surface area contributed by atoms with Gasteiger partial charge in [0, 0.05) is 17.3 Å². The fourth-order valence-electron chi connectivity index (χ4n) is 2.66. The molecule has 0 fully saturated rings. The van der Waals surface area contributed by atoms with Gasteiger partial charge in [-0.25, -0.2) is 13.2 Å². The molecule has 156 valence electrons. The van der Waals surface area contributed by atoms with E-state index in [-0.39, 0.29) is 13.2 Å². The van der Waals surface area contributed by atoms with E-state index in [4.69, 9.17) is 16.3 Å². The summed E-state index contributed by atoms with van der Waals surface area (Å²) in [5.41, 5.74) is 1.87. The minimum absolute atomic E-state index is 0.0340. The number of halogens is 1. The third-order valence-corrected chi connectivity index (χ3v) is 5.76. The minimum Gasteiger partial charge on any atom is -0.462 e. The number of nitrogens with one attached hydrogen (secondary N) is 1. The number of benzene rings is 2. The molecule has 2 aromatic carbocycles. The van der Waals surface area contributed by atoms with Crippen LogP contribution in [-0.2, 0) is 26.1 Å². The largest absolute Gasteiger partial charge is 0.462 e. The molecule has 0 heterocycles. The Bertz CT molecular complexity index is 1010. The van der Waals surface area contributed by atoms with E-state index < -0.39 is 28.4 Å². The molecule has 0 saturated heterocycles. The minimum atomic E-state index is -3.67. The van der Waals surface area contributed by atoms with Crippen molar-refractivity contribution in [2.75, 3.05) is 24.7 Å². The normalized spacial score (nSPS) is 11.3. The Morgan fingerprint density at radius 3 is 2.45 bits per heavy atom. The number of hydrogen-bond donors (Lipinski definition) is 1.